The second-order valence-electron chi connectivity index (χ2n) is 3.83. The maximum atomic E-state index is 11.8. The van der Waals surface area contributed by atoms with Gasteiger partial charge in [0.05, 0.1) is 12.8 Å². The highest BCUT2D eigenvalue weighted by Gasteiger charge is 2.18. The Kier molecular flexibility index (Phi) is 2.62. The third-order valence-corrected chi connectivity index (χ3v) is 2.81. The van der Waals surface area contributed by atoms with Crippen molar-refractivity contribution in [3.05, 3.63) is 23.8 Å². The van der Waals surface area contributed by atoms with Gasteiger partial charge in [-0.2, -0.15) is 0 Å². The first-order chi connectivity index (χ1) is 7.22. The highest BCUT2D eigenvalue weighted by Crippen LogP contribution is 2.29. The predicted molar refractivity (Wildman–Crippen MR) is 59.8 cm³/mol. The molecule has 1 aliphatic rings. The Morgan fingerprint density at radius 1 is 1.40 bits per heavy atom. The van der Waals surface area contributed by atoms with Gasteiger partial charge < -0.3 is 9.64 Å². The lowest BCUT2D eigenvalue weighted by molar-refractivity contribution is 0.0984. The lowest BCUT2D eigenvalue weighted by Gasteiger charge is -2.19. The summed E-state index contributed by atoms with van der Waals surface area (Å²) in [7, 11) is 3.65. The molecule has 0 radical (unpaired) electrons. The topological polar surface area (TPSA) is 29.5 Å². The SMILES string of the molecule is COc1ccc2c(c1)N(C)CCCC2=O. The molecular formula is C12H15NO2. The summed E-state index contributed by atoms with van der Waals surface area (Å²) in [6.07, 6.45) is 1.57. The van der Waals surface area contributed by atoms with Crippen LogP contribution in [0.15, 0.2) is 18.2 Å². The van der Waals surface area contributed by atoms with Gasteiger partial charge in [0.1, 0.15) is 5.75 Å². The molecule has 0 bridgehead atoms. The van der Waals surface area contributed by atoms with Crippen molar-refractivity contribution < 1.29 is 9.53 Å². The third-order valence-electron chi connectivity index (χ3n) is 2.81. The van der Waals surface area contributed by atoms with E-state index in [0.717, 1.165) is 30.0 Å². The molecule has 1 aromatic rings. The number of hydrogen-bond acceptors (Lipinski definition) is 3. The Morgan fingerprint density at radius 3 is 2.93 bits per heavy atom. The van der Waals surface area contributed by atoms with E-state index in [0.29, 0.717) is 6.42 Å². The van der Waals surface area contributed by atoms with Crippen LogP contribution in [0.2, 0.25) is 0 Å². The first kappa shape index (κ1) is 10.0. The van der Waals surface area contributed by atoms with Gasteiger partial charge in [-0.25, -0.2) is 0 Å². The molecule has 3 nitrogen and oxygen atoms in total. The summed E-state index contributed by atoms with van der Waals surface area (Å²) in [6.45, 7) is 0.923. The van der Waals surface area contributed by atoms with Gasteiger partial charge in [-0.15, -0.1) is 0 Å². The lowest BCUT2D eigenvalue weighted by Crippen LogP contribution is -2.17. The molecular weight excluding hydrogens is 190 g/mol. The van der Waals surface area contributed by atoms with E-state index in [9.17, 15) is 4.79 Å². The van der Waals surface area contributed by atoms with E-state index < -0.39 is 0 Å². The number of benzene rings is 1. The summed E-state index contributed by atoms with van der Waals surface area (Å²) >= 11 is 0. The number of nitrogens with zero attached hydrogens (tertiary/aromatic N) is 1. The third kappa shape index (κ3) is 1.82. The van der Waals surface area contributed by atoms with Crippen molar-refractivity contribution in [1.82, 2.24) is 0 Å². The van der Waals surface area contributed by atoms with Crippen molar-refractivity contribution in [3.63, 3.8) is 0 Å². The largest absolute Gasteiger partial charge is 0.497 e. The van der Waals surface area contributed by atoms with Gasteiger partial charge in [0.25, 0.3) is 0 Å². The molecule has 1 heterocycles. The van der Waals surface area contributed by atoms with Crippen LogP contribution >= 0.6 is 0 Å². The van der Waals surface area contributed by atoms with Crippen molar-refractivity contribution in [1.29, 1.82) is 0 Å². The van der Waals surface area contributed by atoms with Crippen molar-refractivity contribution in [3.8, 4) is 5.75 Å². The molecule has 0 N–H and O–H groups in total. The van der Waals surface area contributed by atoms with Gasteiger partial charge in [0.2, 0.25) is 0 Å². The Morgan fingerprint density at radius 2 is 2.20 bits per heavy atom. The minimum absolute atomic E-state index is 0.233. The molecule has 3 heteroatoms. The normalized spacial score (nSPS) is 15.9. The molecule has 0 saturated carbocycles. The summed E-state index contributed by atoms with van der Waals surface area (Å²) in [5, 5.41) is 0. The molecule has 0 amide bonds. The number of anilines is 1. The smallest absolute Gasteiger partial charge is 0.165 e. The first-order valence-corrected chi connectivity index (χ1v) is 5.15. The summed E-state index contributed by atoms with van der Waals surface area (Å²) in [6, 6.07) is 5.63. The van der Waals surface area contributed by atoms with Crippen molar-refractivity contribution in [2.75, 3.05) is 25.6 Å². The van der Waals surface area contributed by atoms with Crippen molar-refractivity contribution in [2.45, 2.75) is 12.8 Å². The van der Waals surface area contributed by atoms with E-state index in [1.807, 2.05) is 25.2 Å². The van der Waals surface area contributed by atoms with E-state index in [4.69, 9.17) is 4.74 Å². The predicted octanol–water partition coefficient (Wildman–Crippen LogP) is 2.11. The minimum atomic E-state index is 0.233. The van der Waals surface area contributed by atoms with Gasteiger partial charge in [-0.3, -0.25) is 4.79 Å². The Bertz CT molecular complexity index is 387. The van der Waals surface area contributed by atoms with Crippen LogP contribution in [0.4, 0.5) is 5.69 Å². The van der Waals surface area contributed by atoms with Crippen LogP contribution in [0.3, 0.4) is 0 Å². The average molecular weight is 205 g/mol. The Hall–Kier alpha value is -1.51. The number of methoxy groups -OCH3 is 1. The molecule has 15 heavy (non-hydrogen) atoms. The Balaban J connectivity index is 2.50. The number of hydrogen-bond donors (Lipinski definition) is 0. The molecule has 80 valence electrons. The van der Waals surface area contributed by atoms with Gasteiger partial charge in [0, 0.05) is 31.6 Å². The second kappa shape index (κ2) is 3.93. The van der Waals surface area contributed by atoms with Crippen LogP contribution in [0.25, 0.3) is 0 Å². The van der Waals surface area contributed by atoms with Crippen LogP contribution in [0.5, 0.6) is 5.75 Å². The number of ether oxygens (including phenoxy) is 1. The van der Waals surface area contributed by atoms with E-state index in [2.05, 4.69) is 4.90 Å². The molecule has 1 aromatic carbocycles. The summed E-state index contributed by atoms with van der Waals surface area (Å²) in [5.41, 5.74) is 1.80. The zero-order valence-electron chi connectivity index (χ0n) is 9.12. The number of carbonyl (C=O) groups excluding carboxylic acids is 1. The molecule has 2 rings (SSSR count). The monoisotopic (exact) mass is 205 g/mol. The minimum Gasteiger partial charge on any atom is -0.497 e. The first-order valence-electron chi connectivity index (χ1n) is 5.15. The molecule has 0 unspecified atom stereocenters. The zero-order valence-corrected chi connectivity index (χ0v) is 9.12. The maximum absolute atomic E-state index is 11.8. The van der Waals surface area contributed by atoms with Crippen LogP contribution in [-0.4, -0.2) is 26.5 Å². The summed E-state index contributed by atoms with van der Waals surface area (Å²) in [5.74, 6) is 1.03. The van der Waals surface area contributed by atoms with Gasteiger partial charge in [0.15, 0.2) is 5.78 Å². The molecule has 1 aliphatic heterocycles. The quantitative estimate of drug-likeness (QED) is 0.703. The number of Topliss-reactive ketones (excluding diaryl/α,β-unsaturated/α-hetero) is 1. The van der Waals surface area contributed by atoms with E-state index in [-0.39, 0.29) is 5.78 Å². The number of ketones is 1. The molecule has 0 saturated heterocycles. The summed E-state index contributed by atoms with van der Waals surface area (Å²) < 4.78 is 5.17. The number of fused-ring (bicyclic) bond motifs is 1. The van der Waals surface area contributed by atoms with E-state index in [1.165, 1.54) is 0 Å². The number of rotatable bonds is 1. The molecule has 0 aromatic heterocycles. The fourth-order valence-electron chi connectivity index (χ4n) is 1.92. The molecule has 0 spiro atoms. The van der Waals surface area contributed by atoms with E-state index >= 15 is 0 Å². The van der Waals surface area contributed by atoms with Gasteiger partial charge in [-0.05, 0) is 18.6 Å². The Labute approximate surface area is 89.7 Å². The van der Waals surface area contributed by atoms with Gasteiger partial charge >= 0.3 is 0 Å². The lowest BCUT2D eigenvalue weighted by atomic mass is 10.1. The second-order valence-corrected chi connectivity index (χ2v) is 3.83. The maximum Gasteiger partial charge on any atom is 0.165 e. The van der Waals surface area contributed by atoms with Gasteiger partial charge in [-0.1, -0.05) is 0 Å². The zero-order chi connectivity index (χ0) is 10.8. The fourth-order valence-corrected chi connectivity index (χ4v) is 1.92. The highest BCUT2D eigenvalue weighted by molar-refractivity contribution is 6.02. The van der Waals surface area contributed by atoms with Crippen LogP contribution in [0.1, 0.15) is 23.2 Å². The summed E-state index contributed by atoms with van der Waals surface area (Å²) in [4.78, 5) is 13.9. The molecule has 0 atom stereocenters. The van der Waals surface area contributed by atoms with Crippen molar-refractivity contribution in [2.24, 2.45) is 0 Å². The van der Waals surface area contributed by atoms with Crippen LogP contribution in [0, 0.1) is 0 Å². The van der Waals surface area contributed by atoms with Crippen LogP contribution < -0.4 is 9.64 Å². The van der Waals surface area contributed by atoms with Crippen LogP contribution in [-0.2, 0) is 0 Å². The van der Waals surface area contributed by atoms with E-state index in [1.54, 1.807) is 7.11 Å². The fraction of sp³-hybridized carbons (Fsp3) is 0.417. The molecule has 0 fully saturated rings. The van der Waals surface area contributed by atoms with Crippen molar-refractivity contribution >= 4 is 11.5 Å². The standard InChI is InChI=1S/C12H15NO2/c1-13-7-3-4-12(14)10-6-5-9(15-2)8-11(10)13/h5-6,8H,3-4,7H2,1-2H3. The average Bonchev–Trinajstić information content (AvgIpc) is 2.40. The number of carbonyl (C=O) groups is 1. The highest BCUT2D eigenvalue weighted by atomic mass is 16.5. The molecule has 0 aliphatic carbocycles.